The van der Waals surface area contributed by atoms with Crippen LogP contribution in [0.3, 0.4) is 0 Å². The predicted octanol–water partition coefficient (Wildman–Crippen LogP) is 3.50. The molecule has 0 saturated carbocycles. The number of rotatable bonds is 6. The number of ether oxygens (including phenoxy) is 1. The second-order valence-corrected chi connectivity index (χ2v) is 4.72. The SMILES string of the molecule is CCOC(=O)C(CCc1ccccc1F)c1ccncc1. The minimum Gasteiger partial charge on any atom is -0.466 e. The van der Waals surface area contributed by atoms with E-state index in [2.05, 4.69) is 4.98 Å². The standard InChI is InChI=1S/C17H18FNO2/c1-2-21-17(20)15(13-9-11-19-12-10-13)8-7-14-5-3-4-6-16(14)18/h3-6,9-12,15H,2,7-8H2,1H3. The number of aromatic nitrogens is 1. The maximum Gasteiger partial charge on any atom is 0.313 e. The minimum atomic E-state index is -0.396. The Bertz CT molecular complexity index is 586. The van der Waals surface area contributed by atoms with Crippen molar-refractivity contribution in [3.8, 4) is 0 Å². The third-order valence-electron chi connectivity index (χ3n) is 3.34. The van der Waals surface area contributed by atoms with Gasteiger partial charge in [0.25, 0.3) is 0 Å². The summed E-state index contributed by atoms with van der Waals surface area (Å²) in [5.74, 6) is -0.914. The summed E-state index contributed by atoms with van der Waals surface area (Å²) in [7, 11) is 0. The third kappa shape index (κ3) is 4.12. The molecule has 0 amide bonds. The van der Waals surface area contributed by atoms with Crippen molar-refractivity contribution in [2.45, 2.75) is 25.7 Å². The molecular formula is C17H18FNO2. The van der Waals surface area contributed by atoms with Crippen LogP contribution >= 0.6 is 0 Å². The van der Waals surface area contributed by atoms with Crippen LogP contribution in [0.15, 0.2) is 48.8 Å². The molecule has 0 bridgehead atoms. The van der Waals surface area contributed by atoms with E-state index in [0.717, 1.165) is 5.56 Å². The number of halogens is 1. The van der Waals surface area contributed by atoms with Gasteiger partial charge in [-0.15, -0.1) is 0 Å². The topological polar surface area (TPSA) is 39.2 Å². The lowest BCUT2D eigenvalue weighted by Crippen LogP contribution is -2.17. The molecule has 3 nitrogen and oxygen atoms in total. The summed E-state index contributed by atoms with van der Waals surface area (Å²) in [5.41, 5.74) is 1.46. The number of carbonyl (C=O) groups excluding carboxylic acids is 1. The van der Waals surface area contributed by atoms with Gasteiger partial charge in [-0.3, -0.25) is 9.78 Å². The second-order valence-electron chi connectivity index (χ2n) is 4.72. The molecule has 0 aliphatic heterocycles. The molecule has 0 saturated heterocycles. The first-order chi connectivity index (χ1) is 10.2. The fourth-order valence-electron chi connectivity index (χ4n) is 2.26. The molecule has 110 valence electrons. The first-order valence-electron chi connectivity index (χ1n) is 7.02. The molecule has 21 heavy (non-hydrogen) atoms. The fraction of sp³-hybridized carbons (Fsp3) is 0.294. The highest BCUT2D eigenvalue weighted by Crippen LogP contribution is 2.23. The molecule has 1 aromatic carbocycles. The normalized spacial score (nSPS) is 11.9. The molecule has 0 aliphatic rings. The molecule has 0 aliphatic carbocycles. The van der Waals surface area contributed by atoms with Gasteiger partial charge in [-0.25, -0.2) is 4.39 Å². The Morgan fingerprint density at radius 2 is 1.95 bits per heavy atom. The van der Waals surface area contributed by atoms with E-state index in [0.29, 0.717) is 25.0 Å². The number of pyridine rings is 1. The molecule has 2 rings (SSSR count). The van der Waals surface area contributed by atoms with Crippen LogP contribution in [0, 0.1) is 5.82 Å². The second kappa shape index (κ2) is 7.53. The summed E-state index contributed by atoms with van der Waals surface area (Å²) in [4.78, 5) is 16.1. The average molecular weight is 287 g/mol. The van der Waals surface area contributed by atoms with Gasteiger partial charge in [0.1, 0.15) is 5.82 Å². The van der Waals surface area contributed by atoms with E-state index in [-0.39, 0.29) is 11.8 Å². The Balaban J connectivity index is 2.13. The number of nitrogens with zero attached hydrogens (tertiary/aromatic N) is 1. The maximum atomic E-state index is 13.7. The Labute approximate surface area is 123 Å². The fourth-order valence-corrected chi connectivity index (χ4v) is 2.26. The average Bonchev–Trinajstić information content (AvgIpc) is 2.50. The maximum absolute atomic E-state index is 13.7. The summed E-state index contributed by atoms with van der Waals surface area (Å²) < 4.78 is 18.8. The van der Waals surface area contributed by atoms with Gasteiger partial charge >= 0.3 is 5.97 Å². The Kier molecular flexibility index (Phi) is 5.43. The quantitative estimate of drug-likeness (QED) is 0.763. The molecule has 1 aromatic heterocycles. The van der Waals surface area contributed by atoms with Crippen LogP contribution in [0.25, 0.3) is 0 Å². The molecule has 1 unspecified atom stereocenters. The van der Waals surface area contributed by atoms with Crippen molar-refractivity contribution in [2.75, 3.05) is 6.61 Å². The number of aryl methyl sites for hydroxylation is 1. The van der Waals surface area contributed by atoms with Gasteiger partial charge in [-0.05, 0) is 49.1 Å². The van der Waals surface area contributed by atoms with Crippen molar-refractivity contribution in [3.63, 3.8) is 0 Å². The monoisotopic (exact) mass is 287 g/mol. The highest BCUT2D eigenvalue weighted by atomic mass is 19.1. The minimum absolute atomic E-state index is 0.241. The zero-order valence-corrected chi connectivity index (χ0v) is 12.0. The first-order valence-corrected chi connectivity index (χ1v) is 7.02. The van der Waals surface area contributed by atoms with Gasteiger partial charge in [0, 0.05) is 12.4 Å². The Morgan fingerprint density at radius 1 is 1.24 bits per heavy atom. The van der Waals surface area contributed by atoms with E-state index in [1.165, 1.54) is 6.07 Å². The molecule has 2 aromatic rings. The van der Waals surface area contributed by atoms with Crippen molar-refractivity contribution in [1.29, 1.82) is 0 Å². The van der Waals surface area contributed by atoms with E-state index in [1.54, 1.807) is 49.6 Å². The first kappa shape index (κ1) is 15.2. The zero-order valence-electron chi connectivity index (χ0n) is 12.0. The molecule has 1 atom stereocenters. The van der Waals surface area contributed by atoms with E-state index in [1.807, 2.05) is 0 Å². The van der Waals surface area contributed by atoms with Crippen LogP contribution < -0.4 is 0 Å². The van der Waals surface area contributed by atoms with Gasteiger partial charge in [-0.1, -0.05) is 18.2 Å². The summed E-state index contributed by atoms with van der Waals surface area (Å²) in [5, 5.41) is 0. The number of benzene rings is 1. The molecular weight excluding hydrogens is 269 g/mol. The number of hydrogen-bond donors (Lipinski definition) is 0. The lowest BCUT2D eigenvalue weighted by molar-refractivity contribution is -0.145. The number of carbonyl (C=O) groups is 1. The van der Waals surface area contributed by atoms with Gasteiger partial charge in [-0.2, -0.15) is 0 Å². The molecule has 0 fully saturated rings. The van der Waals surface area contributed by atoms with Crippen LogP contribution in [-0.4, -0.2) is 17.6 Å². The number of esters is 1. The van der Waals surface area contributed by atoms with Crippen molar-refractivity contribution in [2.24, 2.45) is 0 Å². The van der Waals surface area contributed by atoms with Gasteiger partial charge < -0.3 is 4.74 Å². The molecule has 0 spiro atoms. The molecule has 0 N–H and O–H groups in total. The zero-order chi connectivity index (χ0) is 15.1. The molecule has 4 heteroatoms. The summed E-state index contributed by atoms with van der Waals surface area (Å²) in [6.07, 6.45) is 4.28. The van der Waals surface area contributed by atoms with E-state index in [9.17, 15) is 9.18 Å². The van der Waals surface area contributed by atoms with Gasteiger partial charge in [0.2, 0.25) is 0 Å². The third-order valence-corrected chi connectivity index (χ3v) is 3.34. The van der Waals surface area contributed by atoms with Crippen LogP contribution in [0.1, 0.15) is 30.4 Å². The lowest BCUT2D eigenvalue weighted by atomic mass is 9.93. The Hall–Kier alpha value is -2.23. The van der Waals surface area contributed by atoms with Gasteiger partial charge in [0.05, 0.1) is 12.5 Å². The van der Waals surface area contributed by atoms with Crippen LogP contribution in [-0.2, 0) is 16.0 Å². The van der Waals surface area contributed by atoms with E-state index in [4.69, 9.17) is 4.74 Å². The largest absolute Gasteiger partial charge is 0.466 e. The number of hydrogen-bond acceptors (Lipinski definition) is 3. The van der Waals surface area contributed by atoms with Crippen molar-refractivity contribution in [3.05, 3.63) is 65.7 Å². The van der Waals surface area contributed by atoms with Crippen molar-refractivity contribution < 1.29 is 13.9 Å². The predicted molar refractivity (Wildman–Crippen MR) is 78.3 cm³/mol. The summed E-state index contributed by atoms with van der Waals surface area (Å²) in [6, 6.07) is 10.2. The van der Waals surface area contributed by atoms with Crippen LogP contribution in [0.5, 0.6) is 0 Å². The van der Waals surface area contributed by atoms with Crippen LogP contribution in [0.4, 0.5) is 4.39 Å². The summed E-state index contributed by atoms with van der Waals surface area (Å²) in [6.45, 7) is 2.11. The molecule has 1 heterocycles. The van der Waals surface area contributed by atoms with Gasteiger partial charge in [0.15, 0.2) is 0 Å². The van der Waals surface area contributed by atoms with E-state index < -0.39 is 5.92 Å². The van der Waals surface area contributed by atoms with Crippen molar-refractivity contribution in [1.82, 2.24) is 4.98 Å². The van der Waals surface area contributed by atoms with Crippen LogP contribution in [0.2, 0.25) is 0 Å². The molecule has 0 radical (unpaired) electrons. The van der Waals surface area contributed by atoms with Crippen molar-refractivity contribution >= 4 is 5.97 Å². The Morgan fingerprint density at radius 3 is 2.62 bits per heavy atom. The summed E-state index contributed by atoms with van der Waals surface area (Å²) >= 11 is 0. The lowest BCUT2D eigenvalue weighted by Gasteiger charge is -2.16. The smallest absolute Gasteiger partial charge is 0.313 e. The highest BCUT2D eigenvalue weighted by molar-refractivity contribution is 5.78. The highest BCUT2D eigenvalue weighted by Gasteiger charge is 2.22. The van der Waals surface area contributed by atoms with E-state index >= 15 is 0 Å².